The molecule has 1 aromatic rings. The number of nitrogens with one attached hydrogen (secondary N) is 1. The van der Waals surface area contributed by atoms with Gasteiger partial charge in [-0.05, 0) is 32.4 Å². The molecule has 0 unspecified atom stereocenters. The molecule has 0 saturated carbocycles. The lowest BCUT2D eigenvalue weighted by Gasteiger charge is -2.25. The number of hydrogen-bond acceptors (Lipinski definition) is 3. The number of aromatic nitrogens is 1. The third-order valence-electron chi connectivity index (χ3n) is 2.11. The maximum absolute atomic E-state index is 11.7. The first-order chi connectivity index (χ1) is 7.05. The zero-order valence-electron chi connectivity index (χ0n) is 9.03. The normalized spacial score (nSPS) is 11.1. The van der Waals surface area contributed by atoms with Gasteiger partial charge in [-0.1, -0.05) is 0 Å². The van der Waals surface area contributed by atoms with Gasteiger partial charge < -0.3 is 10.4 Å². The predicted octanol–water partition coefficient (Wildman–Crippen LogP) is 0.972. The highest BCUT2D eigenvalue weighted by Crippen LogP contribution is 2.08. The van der Waals surface area contributed by atoms with Crippen LogP contribution in [0.4, 0.5) is 0 Å². The van der Waals surface area contributed by atoms with E-state index in [1.807, 2.05) is 13.8 Å². The van der Waals surface area contributed by atoms with E-state index in [2.05, 4.69) is 10.3 Å². The summed E-state index contributed by atoms with van der Waals surface area (Å²) in [6, 6.07) is 3.42. The number of nitrogens with zero attached hydrogens (tertiary/aromatic N) is 1. The monoisotopic (exact) mass is 208 g/mol. The van der Waals surface area contributed by atoms with Crippen molar-refractivity contribution in [3.63, 3.8) is 0 Å². The smallest absolute Gasteiger partial charge is 0.253 e. The molecular formula is C11H16N2O2. The molecule has 1 aromatic heterocycles. The molecule has 0 atom stereocenters. The molecule has 0 bridgehead atoms. The van der Waals surface area contributed by atoms with Gasteiger partial charge in [0.05, 0.1) is 5.56 Å². The first-order valence-electron chi connectivity index (χ1n) is 4.88. The summed E-state index contributed by atoms with van der Waals surface area (Å²) >= 11 is 0. The Morgan fingerprint density at radius 1 is 1.60 bits per heavy atom. The lowest BCUT2D eigenvalue weighted by Crippen LogP contribution is -2.44. The van der Waals surface area contributed by atoms with Crippen LogP contribution in [0.1, 0.15) is 30.6 Å². The van der Waals surface area contributed by atoms with Crippen molar-refractivity contribution in [3.05, 3.63) is 30.1 Å². The minimum atomic E-state index is -0.401. The van der Waals surface area contributed by atoms with E-state index in [-0.39, 0.29) is 12.5 Å². The van der Waals surface area contributed by atoms with E-state index in [0.29, 0.717) is 12.0 Å². The number of aliphatic hydroxyl groups excluding tert-OH is 1. The summed E-state index contributed by atoms with van der Waals surface area (Å²) < 4.78 is 0. The van der Waals surface area contributed by atoms with Crippen LogP contribution in [0.5, 0.6) is 0 Å². The summed E-state index contributed by atoms with van der Waals surface area (Å²) in [5.41, 5.74) is 0.130. The number of amides is 1. The predicted molar refractivity (Wildman–Crippen MR) is 57.5 cm³/mol. The summed E-state index contributed by atoms with van der Waals surface area (Å²) in [5.74, 6) is -0.165. The van der Waals surface area contributed by atoms with Crippen molar-refractivity contribution in [1.29, 1.82) is 0 Å². The summed E-state index contributed by atoms with van der Waals surface area (Å²) in [4.78, 5) is 15.6. The van der Waals surface area contributed by atoms with E-state index in [9.17, 15) is 4.79 Å². The number of pyridine rings is 1. The second-order valence-corrected chi connectivity index (χ2v) is 4.05. The van der Waals surface area contributed by atoms with Gasteiger partial charge in [0.2, 0.25) is 0 Å². The van der Waals surface area contributed by atoms with E-state index < -0.39 is 5.54 Å². The Kier molecular flexibility index (Phi) is 3.80. The maximum atomic E-state index is 11.7. The summed E-state index contributed by atoms with van der Waals surface area (Å²) in [6.07, 6.45) is 3.67. The highest BCUT2D eigenvalue weighted by molar-refractivity contribution is 5.94. The third kappa shape index (κ3) is 3.67. The highest BCUT2D eigenvalue weighted by atomic mass is 16.3. The molecule has 1 heterocycles. The van der Waals surface area contributed by atoms with Gasteiger partial charge in [0.25, 0.3) is 5.91 Å². The Morgan fingerprint density at radius 3 is 2.87 bits per heavy atom. The average molecular weight is 208 g/mol. The molecule has 0 aliphatic rings. The second kappa shape index (κ2) is 4.89. The van der Waals surface area contributed by atoms with Gasteiger partial charge in [-0.15, -0.1) is 0 Å². The first-order valence-corrected chi connectivity index (χ1v) is 4.88. The van der Waals surface area contributed by atoms with Gasteiger partial charge in [0, 0.05) is 24.5 Å². The largest absolute Gasteiger partial charge is 0.396 e. The molecule has 1 rings (SSSR count). The maximum Gasteiger partial charge on any atom is 0.253 e. The average Bonchev–Trinajstić information content (AvgIpc) is 2.18. The molecular weight excluding hydrogens is 192 g/mol. The molecule has 4 nitrogen and oxygen atoms in total. The fourth-order valence-corrected chi connectivity index (χ4v) is 1.22. The molecule has 82 valence electrons. The SMILES string of the molecule is CC(C)(CCO)NC(=O)c1cccnc1. The van der Waals surface area contributed by atoms with Crippen LogP contribution in [0.25, 0.3) is 0 Å². The quantitative estimate of drug-likeness (QED) is 0.775. The van der Waals surface area contributed by atoms with E-state index >= 15 is 0 Å². The van der Waals surface area contributed by atoms with Gasteiger partial charge in [-0.25, -0.2) is 0 Å². The number of hydrogen-bond donors (Lipinski definition) is 2. The Labute approximate surface area is 89.3 Å². The molecule has 0 fully saturated rings. The molecule has 0 radical (unpaired) electrons. The molecule has 0 spiro atoms. The van der Waals surface area contributed by atoms with Crippen LogP contribution in [0, 0.1) is 0 Å². The third-order valence-corrected chi connectivity index (χ3v) is 2.11. The molecule has 0 aliphatic carbocycles. The minimum Gasteiger partial charge on any atom is -0.396 e. The zero-order valence-corrected chi connectivity index (χ0v) is 9.03. The lowest BCUT2D eigenvalue weighted by atomic mass is 10.0. The zero-order chi connectivity index (χ0) is 11.3. The molecule has 15 heavy (non-hydrogen) atoms. The molecule has 2 N–H and O–H groups in total. The van der Waals surface area contributed by atoms with Gasteiger partial charge in [0.1, 0.15) is 0 Å². The van der Waals surface area contributed by atoms with Crippen molar-refractivity contribution in [2.24, 2.45) is 0 Å². The van der Waals surface area contributed by atoms with Crippen molar-refractivity contribution in [1.82, 2.24) is 10.3 Å². The van der Waals surface area contributed by atoms with Crippen molar-refractivity contribution in [2.45, 2.75) is 25.8 Å². The van der Waals surface area contributed by atoms with Crippen molar-refractivity contribution >= 4 is 5.91 Å². The van der Waals surface area contributed by atoms with Crippen LogP contribution < -0.4 is 5.32 Å². The Balaban J connectivity index is 2.64. The Bertz CT molecular complexity index is 323. The molecule has 4 heteroatoms. The van der Waals surface area contributed by atoms with Gasteiger partial charge in [0.15, 0.2) is 0 Å². The van der Waals surface area contributed by atoms with Crippen molar-refractivity contribution < 1.29 is 9.90 Å². The standard InChI is InChI=1S/C11H16N2O2/c1-11(2,5-7-14)13-10(15)9-4-3-6-12-8-9/h3-4,6,8,14H,5,7H2,1-2H3,(H,13,15). The summed E-state index contributed by atoms with van der Waals surface area (Å²) in [7, 11) is 0. The van der Waals surface area contributed by atoms with Crippen molar-refractivity contribution in [2.75, 3.05) is 6.61 Å². The fraction of sp³-hybridized carbons (Fsp3) is 0.455. The highest BCUT2D eigenvalue weighted by Gasteiger charge is 2.20. The molecule has 0 aliphatic heterocycles. The number of aliphatic hydroxyl groups is 1. The molecule has 0 saturated heterocycles. The van der Waals surface area contributed by atoms with Crippen LogP contribution in [0.3, 0.4) is 0 Å². The van der Waals surface area contributed by atoms with E-state index in [1.54, 1.807) is 18.3 Å². The molecule has 1 amide bonds. The lowest BCUT2D eigenvalue weighted by molar-refractivity contribution is 0.0899. The van der Waals surface area contributed by atoms with Gasteiger partial charge in [-0.2, -0.15) is 0 Å². The number of carbonyl (C=O) groups is 1. The Hall–Kier alpha value is -1.42. The first kappa shape index (κ1) is 11.7. The topological polar surface area (TPSA) is 62.2 Å². The van der Waals surface area contributed by atoms with E-state index in [0.717, 1.165) is 0 Å². The van der Waals surface area contributed by atoms with Crippen LogP contribution in [-0.4, -0.2) is 28.1 Å². The van der Waals surface area contributed by atoms with Crippen LogP contribution in [0.15, 0.2) is 24.5 Å². The second-order valence-electron chi connectivity index (χ2n) is 4.05. The number of carbonyl (C=O) groups excluding carboxylic acids is 1. The van der Waals surface area contributed by atoms with E-state index in [4.69, 9.17) is 5.11 Å². The van der Waals surface area contributed by atoms with Gasteiger partial charge in [-0.3, -0.25) is 9.78 Å². The van der Waals surface area contributed by atoms with E-state index in [1.165, 1.54) is 6.20 Å². The molecule has 0 aromatic carbocycles. The van der Waals surface area contributed by atoms with Crippen LogP contribution in [0.2, 0.25) is 0 Å². The summed E-state index contributed by atoms with van der Waals surface area (Å²) in [6.45, 7) is 3.80. The number of rotatable bonds is 4. The fourth-order valence-electron chi connectivity index (χ4n) is 1.22. The Morgan fingerprint density at radius 2 is 2.33 bits per heavy atom. The van der Waals surface area contributed by atoms with Crippen molar-refractivity contribution in [3.8, 4) is 0 Å². The van der Waals surface area contributed by atoms with Crippen LogP contribution in [-0.2, 0) is 0 Å². The minimum absolute atomic E-state index is 0.0559. The van der Waals surface area contributed by atoms with Gasteiger partial charge >= 0.3 is 0 Å². The van der Waals surface area contributed by atoms with Crippen LogP contribution >= 0.6 is 0 Å². The summed E-state index contributed by atoms with van der Waals surface area (Å²) in [5, 5.41) is 11.7.